The Morgan fingerprint density at radius 2 is 1.97 bits per heavy atom. The van der Waals surface area contributed by atoms with Crippen molar-refractivity contribution in [2.24, 2.45) is 25.8 Å². The minimum absolute atomic E-state index is 0.363. The number of hydrogen-bond acceptors (Lipinski definition) is 16. The highest BCUT2D eigenvalue weighted by molar-refractivity contribution is 7.84. The second-order valence-electron chi connectivity index (χ2n) is 6.35. The summed E-state index contributed by atoms with van der Waals surface area (Å²) in [6, 6.07) is -2.71. The molecule has 1 spiro atoms. The maximum Gasteiger partial charge on any atom is 0.397 e. The van der Waals surface area contributed by atoms with Crippen molar-refractivity contribution in [2.45, 2.75) is 29.6 Å². The SMILES string of the molecule is NC1=N[C@H]2[C@H](COC([O-])=NS(=O)(=O)[O-])N=C(N)N3C[C@@H](OS(=O)(=O)O)C(O)(O)[C@]23N1. The molecule has 0 radical (unpaired) electrons. The average molecular weight is 473 g/mol. The molecule has 0 bridgehead atoms. The summed E-state index contributed by atoms with van der Waals surface area (Å²) < 4.78 is 73.6. The highest BCUT2D eigenvalue weighted by Crippen LogP contribution is 2.45. The first-order valence-electron chi connectivity index (χ1n) is 7.75. The van der Waals surface area contributed by atoms with Gasteiger partial charge in [0.05, 0.1) is 12.6 Å². The third-order valence-electron chi connectivity index (χ3n) is 4.55. The lowest BCUT2D eigenvalue weighted by Crippen LogP contribution is -2.77. The second-order valence-corrected chi connectivity index (χ2v) is 8.44. The summed E-state index contributed by atoms with van der Waals surface area (Å²) >= 11 is 0. The molecular weight excluding hydrogens is 458 g/mol. The fourth-order valence-electron chi connectivity index (χ4n) is 3.56. The minimum Gasteiger partial charge on any atom is -0.729 e. The van der Waals surface area contributed by atoms with Crippen molar-refractivity contribution in [1.29, 1.82) is 0 Å². The van der Waals surface area contributed by atoms with E-state index in [1.165, 1.54) is 0 Å². The van der Waals surface area contributed by atoms with E-state index in [0.29, 0.717) is 0 Å². The number of aliphatic hydroxyl groups is 2. The van der Waals surface area contributed by atoms with Gasteiger partial charge in [-0.3, -0.25) is 4.55 Å². The maximum absolute atomic E-state index is 11.4. The summed E-state index contributed by atoms with van der Waals surface area (Å²) in [5.41, 5.74) is 9.27. The van der Waals surface area contributed by atoms with E-state index in [1.807, 2.05) is 0 Å². The fraction of sp³-hybridized carbons (Fsp3) is 0.700. The van der Waals surface area contributed by atoms with E-state index in [4.69, 9.17) is 16.0 Å². The number of nitrogens with one attached hydrogen (secondary N) is 1. The summed E-state index contributed by atoms with van der Waals surface area (Å²) in [6.07, 6.45) is -3.75. The van der Waals surface area contributed by atoms with Crippen LogP contribution in [0.1, 0.15) is 0 Å². The molecule has 0 aliphatic carbocycles. The molecule has 8 N–H and O–H groups in total. The number of nitrogens with zero attached hydrogens (tertiary/aromatic N) is 4. The standard InChI is InChI=1S/C10H17N7O11S2/c11-6-14-5-3(2-27-8(18)16-29(21,22)23)13-7(12)17-1-4(28-30(24,25)26)10(19,20)9(5,17)15-6/h3-5,19-20H,1-2H2,(H2,12,13)(H,16,18)(H3,11,14,15)(H,21,22,23)(H,24,25,26)/p-2/t3-,4+,5-,9-/m0/s1. The predicted molar refractivity (Wildman–Crippen MR) is 90.1 cm³/mol. The Morgan fingerprint density at radius 1 is 1.33 bits per heavy atom. The predicted octanol–water partition coefficient (Wildman–Crippen LogP) is -6.96. The minimum atomic E-state index is -5.28. The third-order valence-corrected chi connectivity index (χ3v) is 5.40. The van der Waals surface area contributed by atoms with Crippen LogP contribution in [0.25, 0.3) is 0 Å². The zero-order valence-corrected chi connectivity index (χ0v) is 16.1. The van der Waals surface area contributed by atoms with Gasteiger partial charge in [-0.15, -0.1) is 0 Å². The first-order chi connectivity index (χ1) is 13.6. The quantitative estimate of drug-likeness (QED) is 0.0935. The molecule has 0 saturated carbocycles. The molecule has 3 rings (SSSR count). The Balaban J connectivity index is 1.96. The van der Waals surface area contributed by atoms with Crippen LogP contribution in [0.4, 0.5) is 0 Å². The van der Waals surface area contributed by atoms with Gasteiger partial charge in [-0.25, -0.2) is 22.6 Å². The molecule has 1 fully saturated rings. The van der Waals surface area contributed by atoms with Crippen LogP contribution in [0.3, 0.4) is 0 Å². The smallest absolute Gasteiger partial charge is 0.397 e. The van der Waals surface area contributed by atoms with Crippen LogP contribution in [0.5, 0.6) is 0 Å². The van der Waals surface area contributed by atoms with Crippen molar-refractivity contribution in [3.63, 3.8) is 0 Å². The van der Waals surface area contributed by atoms with Gasteiger partial charge in [-0.2, -0.15) is 12.8 Å². The monoisotopic (exact) mass is 473 g/mol. The van der Waals surface area contributed by atoms with Crippen molar-refractivity contribution >= 4 is 38.7 Å². The summed E-state index contributed by atoms with van der Waals surface area (Å²) in [5, 5.41) is 35.2. The number of nitrogens with two attached hydrogens (primary N) is 2. The molecule has 3 aliphatic rings. The Morgan fingerprint density at radius 3 is 2.53 bits per heavy atom. The Bertz CT molecular complexity index is 1040. The summed E-state index contributed by atoms with van der Waals surface area (Å²) in [4.78, 5) is 8.85. The zero-order valence-electron chi connectivity index (χ0n) is 14.5. The van der Waals surface area contributed by atoms with Crippen molar-refractivity contribution in [2.75, 3.05) is 13.2 Å². The largest absolute Gasteiger partial charge is 0.729 e. The van der Waals surface area contributed by atoms with E-state index in [2.05, 4.69) is 28.6 Å². The van der Waals surface area contributed by atoms with E-state index >= 15 is 0 Å². The van der Waals surface area contributed by atoms with Crippen molar-refractivity contribution in [1.82, 2.24) is 10.2 Å². The van der Waals surface area contributed by atoms with E-state index in [1.54, 1.807) is 0 Å². The molecule has 170 valence electrons. The molecule has 0 aromatic rings. The van der Waals surface area contributed by atoms with Crippen LogP contribution in [0, 0.1) is 0 Å². The number of rotatable bonds is 5. The van der Waals surface area contributed by atoms with Crippen LogP contribution in [0.15, 0.2) is 14.4 Å². The van der Waals surface area contributed by atoms with Crippen LogP contribution < -0.4 is 21.9 Å². The lowest BCUT2D eigenvalue weighted by molar-refractivity contribution is -0.256. The second kappa shape index (κ2) is 6.76. The van der Waals surface area contributed by atoms with Crippen molar-refractivity contribution in [3.8, 4) is 0 Å². The lowest BCUT2D eigenvalue weighted by Gasteiger charge is -2.49. The van der Waals surface area contributed by atoms with Crippen LogP contribution >= 0.6 is 0 Å². The fourth-order valence-corrected chi connectivity index (χ4v) is 4.28. The van der Waals surface area contributed by atoms with Gasteiger partial charge in [0.2, 0.25) is 16.1 Å². The van der Waals surface area contributed by atoms with Gasteiger partial charge in [0.1, 0.15) is 6.04 Å². The molecule has 1 saturated heterocycles. The average Bonchev–Trinajstić information content (AvgIpc) is 2.99. The van der Waals surface area contributed by atoms with Gasteiger partial charge in [0.25, 0.3) is 0 Å². The number of guanidine groups is 2. The zero-order chi connectivity index (χ0) is 22.7. The van der Waals surface area contributed by atoms with Gasteiger partial charge in [-0.05, 0) is 0 Å². The highest BCUT2D eigenvalue weighted by atomic mass is 32.3. The first kappa shape index (κ1) is 22.2. The molecule has 0 unspecified atom stereocenters. The highest BCUT2D eigenvalue weighted by Gasteiger charge is 2.74. The van der Waals surface area contributed by atoms with Crippen molar-refractivity contribution in [3.05, 3.63) is 0 Å². The number of aliphatic imine (C=N–C) groups is 2. The number of ether oxygens (including phenoxy) is 1. The first-order valence-corrected chi connectivity index (χ1v) is 10.5. The summed E-state index contributed by atoms with van der Waals surface area (Å²) in [6.45, 7) is -1.39. The number of hydrogen-bond donors (Lipinski definition) is 6. The normalized spacial score (nSPS) is 33.3. The lowest BCUT2D eigenvalue weighted by atomic mass is 9.86. The molecule has 0 aromatic heterocycles. The van der Waals surface area contributed by atoms with Crippen molar-refractivity contribution < 1.29 is 50.2 Å². The van der Waals surface area contributed by atoms with Gasteiger partial charge in [0, 0.05) is 6.61 Å². The molecule has 4 atom stereocenters. The van der Waals surface area contributed by atoms with E-state index in [9.17, 15) is 36.7 Å². The molecule has 18 nitrogen and oxygen atoms in total. The molecule has 30 heavy (non-hydrogen) atoms. The van der Waals surface area contributed by atoms with Gasteiger partial charge in [-0.1, -0.05) is 0 Å². The van der Waals surface area contributed by atoms with Gasteiger partial charge >= 0.3 is 10.4 Å². The Labute approximate surface area is 168 Å². The molecule has 20 heteroatoms. The van der Waals surface area contributed by atoms with E-state index < -0.39 is 75.5 Å². The topological polar surface area (TPSA) is 298 Å². The van der Waals surface area contributed by atoms with E-state index in [-0.39, 0.29) is 5.96 Å². The van der Waals surface area contributed by atoms with Crippen LogP contribution in [-0.4, -0.2) is 102 Å². The summed E-state index contributed by atoms with van der Waals surface area (Å²) in [7, 11) is -10.4. The molecule has 0 aromatic carbocycles. The molecule has 3 heterocycles. The Kier molecular flexibility index (Phi) is 5.00. The van der Waals surface area contributed by atoms with Crippen LogP contribution in [-0.2, 0) is 29.6 Å². The molecule has 0 amide bonds. The molecule has 3 aliphatic heterocycles. The van der Waals surface area contributed by atoms with Gasteiger partial charge < -0.3 is 46.3 Å². The van der Waals surface area contributed by atoms with E-state index in [0.717, 1.165) is 4.90 Å². The molecular formula is C10H15N7O11S2-2. The summed E-state index contributed by atoms with van der Waals surface area (Å²) in [5.74, 6) is -3.89. The van der Waals surface area contributed by atoms with Crippen LogP contribution in [0.2, 0.25) is 0 Å². The van der Waals surface area contributed by atoms with Gasteiger partial charge in [0.15, 0.2) is 29.8 Å². The Hall–Kier alpha value is -2.49. The third kappa shape index (κ3) is 3.68. The maximum atomic E-state index is 11.4.